The van der Waals surface area contributed by atoms with Crippen molar-refractivity contribution in [3.63, 3.8) is 0 Å². The number of H-pyrrole nitrogens is 1. The fraction of sp³-hybridized carbons (Fsp3) is 0.469. The van der Waals surface area contributed by atoms with E-state index in [9.17, 15) is 32.8 Å². The van der Waals surface area contributed by atoms with Gasteiger partial charge in [0.2, 0.25) is 0 Å². The third-order valence-electron chi connectivity index (χ3n) is 15.0. The number of ether oxygens (including phenoxy) is 2. The number of carbonyl (C=O) groups excluding carboxylic acids is 1. The molecule has 5 aliphatic rings. The second-order valence-corrected chi connectivity index (χ2v) is 21.0. The molecule has 4 N–H and O–H groups in total. The molecule has 2 saturated heterocycles. The Morgan fingerprint density at radius 2 is 1.82 bits per heavy atom. The van der Waals surface area contributed by atoms with Crippen LogP contribution in [-0.2, 0) is 10.0 Å². The summed E-state index contributed by atoms with van der Waals surface area (Å²) in [4.78, 5) is 37.2. The molecule has 1 spiro atoms. The summed E-state index contributed by atoms with van der Waals surface area (Å²) in [6, 6.07) is 18.1. The molecule has 3 aromatic carbocycles. The van der Waals surface area contributed by atoms with E-state index in [4.69, 9.17) is 9.47 Å². The Hall–Kier alpha value is -5.78. The van der Waals surface area contributed by atoms with Crippen LogP contribution in [0.5, 0.6) is 17.2 Å². The number of aromatic nitrogens is 2. The van der Waals surface area contributed by atoms with Crippen molar-refractivity contribution < 1.29 is 37.1 Å². The fourth-order valence-corrected chi connectivity index (χ4v) is 12.4. The van der Waals surface area contributed by atoms with Crippen LogP contribution in [0.4, 0.5) is 21.5 Å². The van der Waals surface area contributed by atoms with Crippen molar-refractivity contribution in [2.45, 2.75) is 113 Å². The third kappa shape index (κ3) is 8.45. The Kier molecular flexibility index (Phi) is 11.7. The van der Waals surface area contributed by atoms with Crippen LogP contribution in [0.1, 0.15) is 112 Å². The number of nitro groups is 1. The van der Waals surface area contributed by atoms with E-state index in [2.05, 4.69) is 67.9 Å². The first kappa shape index (κ1) is 44.1. The smallest absolute Gasteiger partial charge is 0.297 e. The summed E-state index contributed by atoms with van der Waals surface area (Å²) in [7, 11) is -4.71. The summed E-state index contributed by atoms with van der Waals surface area (Å²) < 4.78 is 56.8. The predicted octanol–water partition coefficient (Wildman–Crippen LogP) is 8.95. The molecule has 66 heavy (non-hydrogen) atoms. The first-order valence-electron chi connectivity index (χ1n) is 23.3. The lowest BCUT2D eigenvalue weighted by atomic mass is 9.59. The molecule has 5 heterocycles. The Labute approximate surface area is 383 Å². The van der Waals surface area contributed by atoms with Gasteiger partial charge in [-0.15, -0.1) is 0 Å². The number of rotatable bonds is 11. The monoisotopic (exact) mass is 921 g/mol. The minimum absolute atomic E-state index is 0.0215. The molecule has 3 aliphatic heterocycles. The van der Waals surface area contributed by atoms with Gasteiger partial charge in [-0.05, 0) is 117 Å². The highest BCUT2D eigenvalue weighted by atomic mass is 32.2. The number of piperidine rings is 1. The van der Waals surface area contributed by atoms with Gasteiger partial charge in [0.15, 0.2) is 11.4 Å². The maximum Gasteiger partial charge on any atom is 0.297 e. The highest BCUT2D eigenvalue weighted by Gasteiger charge is 2.50. The number of nitro benzene ring substituents is 1. The van der Waals surface area contributed by atoms with E-state index in [-0.39, 0.29) is 64.0 Å². The second kappa shape index (κ2) is 17.5. The normalized spacial score (nSPS) is 23.3. The number of pyridine rings is 1. The summed E-state index contributed by atoms with van der Waals surface area (Å²) in [5, 5.41) is 25.7. The van der Waals surface area contributed by atoms with Crippen LogP contribution in [0.2, 0.25) is 0 Å². The number of likely N-dealkylation sites (tertiary alicyclic amines) is 1. The molecule has 348 valence electrons. The number of aliphatic hydroxyl groups excluding tert-OH is 1. The van der Waals surface area contributed by atoms with E-state index in [0.29, 0.717) is 36.5 Å². The highest BCUT2D eigenvalue weighted by molar-refractivity contribution is 7.90. The van der Waals surface area contributed by atoms with E-state index < -0.39 is 37.3 Å². The standard InChI is InChI=1S/C49H56FN7O8S/c1-29(2)36-6-3-4-7-37(36)42-8-5-17-56(42)32-24-49(25-32)15-18-55(19-16-49)31-11-14-38(44(20-31)65-34-21-39-40(50)27-52-47(39)51-26-34)48(59)54-66(62,63)35-22-43(57(60)61)46-45(23-35)64-28-41(53-46)30-9-12-33(58)13-10-30/h3-4,6-7,11,14,20-23,26-27,29-30,32-33,41-42,53,58H,5,8-10,12-13,15-19,24-25,28H2,1-2H3,(H,51,52)(H,54,59)/t30-,33-,41-,42-/m0/s1. The number of benzene rings is 3. The lowest BCUT2D eigenvalue weighted by molar-refractivity contribution is -0.384. The summed E-state index contributed by atoms with van der Waals surface area (Å²) >= 11 is 0. The first-order chi connectivity index (χ1) is 31.7. The van der Waals surface area contributed by atoms with E-state index in [1.807, 2.05) is 0 Å². The third-order valence-corrected chi connectivity index (χ3v) is 16.3. The lowest BCUT2D eigenvalue weighted by Gasteiger charge is -2.56. The molecule has 1 amide bonds. The van der Waals surface area contributed by atoms with Crippen molar-refractivity contribution in [2.75, 3.05) is 36.5 Å². The number of nitrogens with zero attached hydrogens (tertiary/aromatic N) is 4. The van der Waals surface area contributed by atoms with Crippen LogP contribution in [0.25, 0.3) is 11.0 Å². The molecule has 5 aromatic rings. The summed E-state index contributed by atoms with van der Waals surface area (Å²) in [5.74, 6) is -0.860. The molecule has 17 heteroatoms. The number of carbonyl (C=O) groups is 1. The number of anilines is 2. The van der Waals surface area contributed by atoms with Crippen LogP contribution in [-0.4, -0.2) is 83.7 Å². The molecule has 10 rings (SSSR count). The van der Waals surface area contributed by atoms with Gasteiger partial charge < -0.3 is 29.8 Å². The van der Waals surface area contributed by atoms with Gasteiger partial charge in [0.05, 0.1) is 39.1 Å². The van der Waals surface area contributed by atoms with Crippen LogP contribution >= 0.6 is 0 Å². The lowest BCUT2D eigenvalue weighted by Crippen LogP contribution is -2.54. The number of aliphatic hydroxyl groups is 1. The van der Waals surface area contributed by atoms with Crippen LogP contribution < -0.4 is 24.4 Å². The molecule has 2 aromatic heterocycles. The SMILES string of the molecule is CC(C)c1ccccc1[C@@H]1CCCN1C1CC2(CCN(c3ccc(C(=O)NS(=O)(=O)c4cc5c(c([N+](=O)[O-])c4)N[C@H]([C@H]4CC[C@H](O)CC4)CO5)c(Oc4cnc5[nH]cc(F)c5c4)c3)CC2)C1. The Morgan fingerprint density at radius 1 is 1.05 bits per heavy atom. The number of amides is 1. The maximum absolute atomic E-state index is 14.6. The van der Waals surface area contributed by atoms with Gasteiger partial charge in [0.1, 0.15) is 29.6 Å². The van der Waals surface area contributed by atoms with E-state index >= 15 is 0 Å². The van der Waals surface area contributed by atoms with Gasteiger partial charge in [0.25, 0.3) is 21.6 Å². The molecule has 0 bridgehead atoms. The number of fused-ring (bicyclic) bond motifs is 2. The summed E-state index contributed by atoms with van der Waals surface area (Å²) in [6.07, 6.45) is 11.6. The number of hydrogen-bond acceptors (Lipinski definition) is 12. The van der Waals surface area contributed by atoms with Crippen LogP contribution in [0.15, 0.2) is 78.0 Å². The van der Waals surface area contributed by atoms with Crippen molar-refractivity contribution in [3.8, 4) is 17.2 Å². The van der Waals surface area contributed by atoms with E-state index in [0.717, 1.165) is 69.9 Å². The van der Waals surface area contributed by atoms with Crippen LogP contribution in [0, 0.1) is 27.3 Å². The average molecular weight is 922 g/mol. The Bertz CT molecular complexity index is 2780. The topological polar surface area (TPSA) is 192 Å². The molecule has 2 atom stereocenters. The molecule has 2 aliphatic carbocycles. The van der Waals surface area contributed by atoms with Crippen molar-refractivity contribution in [2.24, 2.45) is 11.3 Å². The van der Waals surface area contributed by atoms with E-state index in [1.54, 1.807) is 12.1 Å². The molecule has 2 saturated carbocycles. The zero-order valence-electron chi connectivity index (χ0n) is 37.2. The number of aromatic amines is 1. The molecular weight excluding hydrogens is 866 g/mol. The summed E-state index contributed by atoms with van der Waals surface area (Å²) in [5.41, 5.74) is 3.69. The molecule has 0 unspecified atom stereocenters. The van der Waals surface area contributed by atoms with Gasteiger partial charge in [0, 0.05) is 55.3 Å². The maximum atomic E-state index is 14.6. The van der Waals surface area contributed by atoms with Crippen LogP contribution in [0.3, 0.4) is 0 Å². The molecular formula is C49H56FN7O8S. The quantitative estimate of drug-likeness (QED) is 0.0728. The number of hydrogen-bond donors (Lipinski definition) is 4. The fourth-order valence-electron chi connectivity index (χ4n) is 11.4. The zero-order valence-corrected chi connectivity index (χ0v) is 38.0. The minimum Gasteiger partial charge on any atom is -0.489 e. The number of nitrogens with one attached hydrogen (secondary N) is 3. The number of halogens is 1. The van der Waals surface area contributed by atoms with Gasteiger partial charge in [-0.3, -0.25) is 19.8 Å². The van der Waals surface area contributed by atoms with Crippen molar-refractivity contribution >= 4 is 44.0 Å². The number of sulfonamides is 1. The average Bonchev–Trinajstić information content (AvgIpc) is 3.94. The first-order valence-corrected chi connectivity index (χ1v) is 24.7. The summed E-state index contributed by atoms with van der Waals surface area (Å²) in [6.45, 7) is 7.39. The van der Waals surface area contributed by atoms with Gasteiger partial charge >= 0.3 is 0 Å². The molecule has 0 radical (unpaired) electrons. The Morgan fingerprint density at radius 3 is 2.58 bits per heavy atom. The molecule has 4 fully saturated rings. The van der Waals surface area contributed by atoms with Gasteiger partial charge in [-0.1, -0.05) is 38.1 Å². The van der Waals surface area contributed by atoms with Crippen molar-refractivity contribution in [1.29, 1.82) is 0 Å². The highest BCUT2D eigenvalue weighted by Crippen LogP contribution is 2.54. The van der Waals surface area contributed by atoms with Crippen molar-refractivity contribution in [3.05, 3.63) is 106 Å². The van der Waals surface area contributed by atoms with Gasteiger partial charge in [-0.25, -0.2) is 22.5 Å². The predicted molar refractivity (Wildman–Crippen MR) is 247 cm³/mol. The van der Waals surface area contributed by atoms with Crippen molar-refractivity contribution in [1.82, 2.24) is 19.6 Å². The largest absolute Gasteiger partial charge is 0.489 e. The van der Waals surface area contributed by atoms with Gasteiger partial charge in [-0.2, -0.15) is 0 Å². The minimum atomic E-state index is -4.71. The Balaban J connectivity index is 0.865. The second-order valence-electron chi connectivity index (χ2n) is 19.4. The molecule has 15 nitrogen and oxygen atoms in total. The van der Waals surface area contributed by atoms with E-state index in [1.165, 1.54) is 54.6 Å². The zero-order chi connectivity index (χ0) is 45.9.